The van der Waals surface area contributed by atoms with Crippen molar-refractivity contribution in [2.24, 2.45) is 22.2 Å². The number of nitrogens with two attached hydrogens (primary N) is 3. The molecular weight excluding hydrogens is 450 g/mol. The van der Waals surface area contributed by atoms with Crippen molar-refractivity contribution in [1.82, 2.24) is 25.9 Å². The summed E-state index contributed by atoms with van der Waals surface area (Å²) in [6.07, 6.45) is 1.81. The number of aliphatic carboxylic acids is 1. The number of aliphatic imine (C=N–C) groups is 1. The monoisotopic (exact) mass is 483 g/mol. The number of hydrogen-bond donors (Lipinski definition) is 9. The van der Waals surface area contributed by atoms with E-state index in [1.54, 1.807) is 0 Å². The van der Waals surface area contributed by atoms with Crippen LogP contribution in [0.1, 0.15) is 32.4 Å². The largest absolute Gasteiger partial charge is 0.480 e. The molecule has 0 aliphatic heterocycles. The summed E-state index contributed by atoms with van der Waals surface area (Å²) in [5, 5.41) is 26.1. The molecule has 5 atom stereocenters. The Kier molecular flexibility index (Phi) is 11.4. The molecule has 0 aliphatic rings. The van der Waals surface area contributed by atoms with Crippen LogP contribution in [-0.4, -0.2) is 86.6 Å². The molecule has 5 unspecified atom stereocenters. The number of aromatic amines is 1. The van der Waals surface area contributed by atoms with Gasteiger partial charge >= 0.3 is 5.97 Å². The predicted octanol–water partition coefficient (Wildman–Crippen LogP) is -3.73. The van der Waals surface area contributed by atoms with E-state index in [0.29, 0.717) is 12.1 Å². The van der Waals surface area contributed by atoms with Gasteiger partial charge in [-0.1, -0.05) is 0 Å². The second-order valence-corrected chi connectivity index (χ2v) is 7.71. The lowest BCUT2D eigenvalue weighted by molar-refractivity contribution is -0.145. The number of carboxylic acid groups (broad SMARTS) is 1. The molecule has 0 spiro atoms. The number of rotatable bonds is 14. The number of carbonyl (C=O) groups is 4. The molecule has 1 aromatic heterocycles. The molecule has 34 heavy (non-hydrogen) atoms. The molecule has 1 rings (SSSR count). The number of nitrogens with zero attached hydrogens (tertiary/aromatic N) is 2. The number of aliphatic hydroxyl groups excluding tert-OH is 1. The Morgan fingerprint density at radius 3 is 2.21 bits per heavy atom. The van der Waals surface area contributed by atoms with Gasteiger partial charge in [0.2, 0.25) is 17.7 Å². The second-order valence-electron chi connectivity index (χ2n) is 7.71. The summed E-state index contributed by atoms with van der Waals surface area (Å²) >= 11 is 0. The van der Waals surface area contributed by atoms with Gasteiger partial charge in [-0.3, -0.25) is 19.4 Å². The fourth-order valence-corrected chi connectivity index (χ4v) is 2.82. The summed E-state index contributed by atoms with van der Waals surface area (Å²) in [5.74, 6) is -3.72. The molecule has 0 radical (unpaired) electrons. The maximum Gasteiger partial charge on any atom is 0.328 e. The first-order valence-corrected chi connectivity index (χ1v) is 10.5. The SMILES string of the molecule is CC(N)C(=O)NC(CCCN=C(N)N)C(=O)NC(Cc1cnc[nH]1)C(=O)NC(C(=O)O)C(C)O. The van der Waals surface area contributed by atoms with Crippen LogP contribution in [0.5, 0.6) is 0 Å². The zero-order chi connectivity index (χ0) is 25.8. The highest BCUT2D eigenvalue weighted by molar-refractivity contribution is 5.94. The molecule has 0 aromatic carbocycles. The van der Waals surface area contributed by atoms with Crippen molar-refractivity contribution in [2.75, 3.05) is 6.54 Å². The minimum absolute atomic E-state index is 0.0638. The average Bonchev–Trinajstić information content (AvgIpc) is 3.25. The van der Waals surface area contributed by atoms with E-state index in [2.05, 4.69) is 30.9 Å². The highest BCUT2D eigenvalue weighted by atomic mass is 16.4. The van der Waals surface area contributed by atoms with Crippen molar-refractivity contribution < 1.29 is 29.4 Å². The van der Waals surface area contributed by atoms with Crippen LogP contribution in [0.15, 0.2) is 17.5 Å². The Labute approximate surface area is 195 Å². The molecule has 0 fully saturated rings. The smallest absolute Gasteiger partial charge is 0.328 e. The van der Waals surface area contributed by atoms with Gasteiger partial charge in [0.05, 0.1) is 18.5 Å². The molecular formula is C19H33N9O6. The number of imidazole rings is 1. The fraction of sp³-hybridized carbons (Fsp3) is 0.579. The van der Waals surface area contributed by atoms with Gasteiger partial charge in [0.25, 0.3) is 0 Å². The van der Waals surface area contributed by atoms with Gasteiger partial charge in [-0.05, 0) is 26.7 Å². The Balaban J connectivity index is 3.04. The maximum atomic E-state index is 13.0. The molecule has 1 heterocycles. The minimum atomic E-state index is -1.60. The number of carboxylic acids is 1. The topological polar surface area (TPSA) is 264 Å². The van der Waals surface area contributed by atoms with Crippen molar-refractivity contribution in [3.8, 4) is 0 Å². The standard InChI is InChI=1S/C19H33N9O6/c1-9(20)15(30)26-12(4-3-5-24-19(21)22)16(31)27-13(6-11-7-23-8-25-11)17(32)28-14(10(2)29)18(33)34/h7-10,12-14,29H,3-6,20H2,1-2H3,(H,23,25)(H,26,30)(H,27,31)(H,28,32)(H,33,34)(H4,21,22,24). The van der Waals surface area contributed by atoms with E-state index in [1.807, 2.05) is 0 Å². The number of hydrogen-bond acceptors (Lipinski definition) is 8. The first-order chi connectivity index (χ1) is 15.9. The van der Waals surface area contributed by atoms with Crippen LogP contribution < -0.4 is 33.2 Å². The lowest BCUT2D eigenvalue weighted by atomic mass is 10.1. The number of nitrogens with one attached hydrogen (secondary N) is 4. The number of aromatic nitrogens is 2. The van der Waals surface area contributed by atoms with E-state index in [4.69, 9.17) is 17.2 Å². The van der Waals surface area contributed by atoms with Crippen LogP contribution in [0, 0.1) is 0 Å². The quantitative estimate of drug-likeness (QED) is 0.0709. The zero-order valence-electron chi connectivity index (χ0n) is 19.0. The van der Waals surface area contributed by atoms with Crippen molar-refractivity contribution in [1.29, 1.82) is 0 Å². The minimum Gasteiger partial charge on any atom is -0.480 e. The third-order valence-corrected chi connectivity index (χ3v) is 4.65. The molecule has 12 N–H and O–H groups in total. The van der Waals surface area contributed by atoms with Crippen molar-refractivity contribution >= 4 is 29.7 Å². The Morgan fingerprint density at radius 1 is 1.09 bits per heavy atom. The third kappa shape index (κ3) is 9.83. The second kappa shape index (κ2) is 13.7. The van der Waals surface area contributed by atoms with E-state index in [1.165, 1.54) is 26.4 Å². The number of aliphatic hydroxyl groups is 1. The van der Waals surface area contributed by atoms with Gasteiger partial charge in [-0.15, -0.1) is 0 Å². The lowest BCUT2D eigenvalue weighted by Gasteiger charge is -2.25. The van der Waals surface area contributed by atoms with E-state index < -0.39 is 54.0 Å². The summed E-state index contributed by atoms with van der Waals surface area (Å²) in [6, 6.07) is -4.81. The molecule has 0 aliphatic carbocycles. The molecule has 0 saturated heterocycles. The fourth-order valence-electron chi connectivity index (χ4n) is 2.82. The summed E-state index contributed by atoms with van der Waals surface area (Å²) in [7, 11) is 0. The molecule has 3 amide bonds. The van der Waals surface area contributed by atoms with Crippen molar-refractivity contribution in [2.45, 2.75) is 63.4 Å². The molecule has 0 bridgehead atoms. The van der Waals surface area contributed by atoms with Crippen LogP contribution in [0.25, 0.3) is 0 Å². The molecule has 15 nitrogen and oxygen atoms in total. The van der Waals surface area contributed by atoms with Crippen LogP contribution in [-0.2, 0) is 25.6 Å². The normalized spacial score (nSPS) is 15.2. The number of guanidine groups is 1. The highest BCUT2D eigenvalue weighted by Gasteiger charge is 2.32. The highest BCUT2D eigenvalue weighted by Crippen LogP contribution is 2.05. The van der Waals surface area contributed by atoms with Crippen molar-refractivity contribution in [3.05, 3.63) is 18.2 Å². The zero-order valence-corrected chi connectivity index (χ0v) is 19.0. The van der Waals surface area contributed by atoms with Crippen LogP contribution >= 0.6 is 0 Å². The Morgan fingerprint density at radius 2 is 1.71 bits per heavy atom. The lowest BCUT2D eigenvalue weighted by Crippen LogP contribution is -2.58. The summed E-state index contributed by atoms with van der Waals surface area (Å²) in [4.78, 5) is 59.8. The molecule has 0 saturated carbocycles. The van der Waals surface area contributed by atoms with Crippen molar-refractivity contribution in [3.63, 3.8) is 0 Å². The number of carbonyl (C=O) groups excluding carboxylic acids is 3. The average molecular weight is 484 g/mol. The van der Waals surface area contributed by atoms with Crippen LogP contribution in [0.3, 0.4) is 0 Å². The third-order valence-electron chi connectivity index (χ3n) is 4.65. The van der Waals surface area contributed by atoms with Gasteiger partial charge in [-0.2, -0.15) is 0 Å². The summed E-state index contributed by atoms with van der Waals surface area (Å²) < 4.78 is 0. The van der Waals surface area contributed by atoms with Crippen LogP contribution in [0.2, 0.25) is 0 Å². The first kappa shape index (κ1) is 28.3. The summed E-state index contributed by atoms with van der Waals surface area (Å²) in [6.45, 7) is 2.85. The Bertz CT molecular complexity index is 852. The van der Waals surface area contributed by atoms with Gasteiger partial charge in [0, 0.05) is 24.9 Å². The Hall–Kier alpha value is -3.72. The van der Waals surface area contributed by atoms with Gasteiger partial charge in [0.1, 0.15) is 12.1 Å². The van der Waals surface area contributed by atoms with Gasteiger partial charge in [0.15, 0.2) is 12.0 Å². The van der Waals surface area contributed by atoms with E-state index in [-0.39, 0.29) is 25.3 Å². The van der Waals surface area contributed by atoms with E-state index in [9.17, 15) is 29.4 Å². The maximum absolute atomic E-state index is 13.0. The van der Waals surface area contributed by atoms with Gasteiger partial charge in [-0.25, -0.2) is 9.78 Å². The van der Waals surface area contributed by atoms with E-state index in [0.717, 1.165) is 0 Å². The predicted molar refractivity (Wildman–Crippen MR) is 121 cm³/mol. The number of amides is 3. The molecule has 190 valence electrons. The van der Waals surface area contributed by atoms with E-state index >= 15 is 0 Å². The summed E-state index contributed by atoms with van der Waals surface area (Å²) in [5.41, 5.74) is 16.6. The van der Waals surface area contributed by atoms with Crippen LogP contribution in [0.4, 0.5) is 0 Å². The first-order valence-electron chi connectivity index (χ1n) is 10.5. The van der Waals surface area contributed by atoms with Gasteiger partial charge < -0.3 is 48.3 Å². The number of H-pyrrole nitrogens is 1. The molecule has 1 aromatic rings. The molecule has 15 heteroatoms.